The Labute approximate surface area is 111 Å². The number of benzene rings is 1. The molecule has 3 nitrogen and oxygen atoms in total. The van der Waals surface area contributed by atoms with E-state index in [4.69, 9.17) is 5.73 Å². The van der Waals surface area contributed by atoms with Crippen molar-refractivity contribution in [2.75, 3.05) is 6.54 Å². The highest BCUT2D eigenvalue weighted by Crippen LogP contribution is 2.37. The van der Waals surface area contributed by atoms with Gasteiger partial charge in [-0.1, -0.05) is 18.2 Å². The summed E-state index contributed by atoms with van der Waals surface area (Å²) >= 11 is 1.98. The van der Waals surface area contributed by atoms with Crippen LogP contribution in [0.1, 0.15) is 11.4 Å². The molecule has 0 amide bonds. The van der Waals surface area contributed by atoms with Gasteiger partial charge in [-0.2, -0.15) is 0 Å². The van der Waals surface area contributed by atoms with Gasteiger partial charge in [-0.15, -0.1) is 11.8 Å². The Morgan fingerprint density at radius 3 is 3.11 bits per heavy atom. The number of hydrogen-bond donors (Lipinski definition) is 1. The van der Waals surface area contributed by atoms with Gasteiger partial charge in [0.2, 0.25) is 0 Å². The van der Waals surface area contributed by atoms with Crippen molar-refractivity contribution in [1.82, 2.24) is 9.55 Å². The van der Waals surface area contributed by atoms with E-state index < -0.39 is 0 Å². The second-order valence-electron chi connectivity index (χ2n) is 4.59. The first kappa shape index (κ1) is 11.8. The maximum atomic E-state index is 5.61. The highest BCUT2D eigenvalue weighted by molar-refractivity contribution is 8.00. The van der Waals surface area contributed by atoms with Crippen LogP contribution in [0.2, 0.25) is 0 Å². The molecular weight excluding hydrogens is 242 g/mol. The molecule has 1 unspecified atom stereocenters. The maximum absolute atomic E-state index is 5.61. The number of aromatic nitrogens is 2. The van der Waals surface area contributed by atoms with Gasteiger partial charge in [0.25, 0.3) is 0 Å². The Morgan fingerprint density at radius 1 is 1.39 bits per heavy atom. The smallest absolute Gasteiger partial charge is 0.109 e. The number of nitrogens with two attached hydrogens (primary N) is 1. The fourth-order valence-corrected chi connectivity index (χ4v) is 3.76. The van der Waals surface area contributed by atoms with Crippen molar-refractivity contribution in [1.29, 1.82) is 0 Å². The summed E-state index contributed by atoms with van der Waals surface area (Å²) < 4.78 is 2.25. The molecule has 3 rings (SSSR count). The molecule has 0 fully saturated rings. The molecule has 1 aliphatic heterocycles. The van der Waals surface area contributed by atoms with E-state index in [0.29, 0.717) is 11.8 Å². The summed E-state index contributed by atoms with van der Waals surface area (Å²) in [5, 5.41) is 0.619. The minimum atomic E-state index is 0.619. The molecule has 1 aromatic carbocycles. The average molecular weight is 259 g/mol. The van der Waals surface area contributed by atoms with Gasteiger partial charge in [-0.3, -0.25) is 0 Å². The molecule has 0 radical (unpaired) electrons. The molecule has 18 heavy (non-hydrogen) atoms. The zero-order valence-electron chi connectivity index (χ0n) is 10.2. The Morgan fingerprint density at radius 2 is 2.28 bits per heavy atom. The van der Waals surface area contributed by atoms with Crippen molar-refractivity contribution in [2.24, 2.45) is 5.73 Å². The molecule has 2 heterocycles. The lowest BCUT2D eigenvalue weighted by atomic mass is 10.1. The quantitative estimate of drug-likeness (QED) is 0.914. The van der Waals surface area contributed by atoms with E-state index in [1.165, 1.54) is 10.5 Å². The van der Waals surface area contributed by atoms with Crippen molar-refractivity contribution in [3.05, 3.63) is 48.0 Å². The number of hydrogen-bond acceptors (Lipinski definition) is 3. The first-order chi connectivity index (χ1) is 8.86. The van der Waals surface area contributed by atoms with Gasteiger partial charge >= 0.3 is 0 Å². The van der Waals surface area contributed by atoms with E-state index in [0.717, 1.165) is 25.2 Å². The molecule has 0 spiro atoms. The summed E-state index contributed by atoms with van der Waals surface area (Å²) in [5.74, 6) is 1.11. The highest BCUT2D eigenvalue weighted by atomic mass is 32.2. The molecule has 2 aromatic rings. The Hall–Kier alpha value is -1.26. The minimum Gasteiger partial charge on any atom is -0.334 e. The summed E-state index contributed by atoms with van der Waals surface area (Å²) in [4.78, 5) is 5.80. The summed E-state index contributed by atoms with van der Waals surface area (Å²) in [6, 6.07) is 8.69. The zero-order valence-corrected chi connectivity index (χ0v) is 11.1. The van der Waals surface area contributed by atoms with E-state index in [1.807, 2.05) is 18.0 Å². The standard InChI is InChI=1S/C14H17N3S/c15-6-5-14-16-7-8-17(14)10-12-9-11-3-1-2-4-13(11)18-12/h1-4,7-8,12H,5-6,9-10,15H2. The number of nitrogens with zero attached hydrogens (tertiary/aromatic N) is 2. The molecular formula is C14H17N3S. The van der Waals surface area contributed by atoms with Crippen LogP contribution in [-0.2, 0) is 19.4 Å². The summed E-state index contributed by atoms with van der Waals surface area (Å²) in [7, 11) is 0. The molecule has 0 bridgehead atoms. The Balaban J connectivity index is 1.70. The zero-order chi connectivity index (χ0) is 12.4. The van der Waals surface area contributed by atoms with Crippen LogP contribution in [0.5, 0.6) is 0 Å². The molecule has 94 valence electrons. The fourth-order valence-electron chi connectivity index (χ4n) is 2.44. The predicted octanol–water partition coefficient (Wildman–Crippen LogP) is 2.10. The van der Waals surface area contributed by atoms with Crippen LogP contribution in [0.4, 0.5) is 0 Å². The van der Waals surface area contributed by atoms with Crippen LogP contribution in [0, 0.1) is 0 Å². The largest absolute Gasteiger partial charge is 0.334 e. The third-order valence-electron chi connectivity index (χ3n) is 3.28. The van der Waals surface area contributed by atoms with Crippen LogP contribution < -0.4 is 5.73 Å². The number of imidazole rings is 1. The summed E-state index contributed by atoms with van der Waals surface area (Å²) in [6.45, 7) is 1.68. The van der Waals surface area contributed by atoms with E-state index in [1.54, 1.807) is 0 Å². The van der Waals surface area contributed by atoms with E-state index in [2.05, 4.69) is 40.0 Å². The first-order valence-electron chi connectivity index (χ1n) is 6.31. The molecule has 0 aliphatic carbocycles. The lowest BCUT2D eigenvalue weighted by Gasteiger charge is -2.12. The molecule has 0 saturated heterocycles. The molecule has 1 atom stereocenters. The van der Waals surface area contributed by atoms with Crippen molar-refractivity contribution in [3.63, 3.8) is 0 Å². The fraction of sp³-hybridized carbons (Fsp3) is 0.357. The monoisotopic (exact) mass is 259 g/mol. The van der Waals surface area contributed by atoms with Gasteiger partial charge in [0.15, 0.2) is 0 Å². The van der Waals surface area contributed by atoms with Gasteiger partial charge in [-0.25, -0.2) is 4.98 Å². The minimum absolute atomic E-state index is 0.619. The predicted molar refractivity (Wildman–Crippen MR) is 74.8 cm³/mol. The molecule has 4 heteroatoms. The van der Waals surface area contributed by atoms with Crippen molar-refractivity contribution < 1.29 is 0 Å². The molecule has 1 aromatic heterocycles. The number of rotatable bonds is 4. The van der Waals surface area contributed by atoms with Crippen LogP contribution in [0.15, 0.2) is 41.6 Å². The van der Waals surface area contributed by atoms with Crippen LogP contribution in [0.3, 0.4) is 0 Å². The van der Waals surface area contributed by atoms with Crippen LogP contribution in [0.25, 0.3) is 0 Å². The van der Waals surface area contributed by atoms with E-state index in [9.17, 15) is 0 Å². The maximum Gasteiger partial charge on any atom is 0.109 e. The van der Waals surface area contributed by atoms with Crippen molar-refractivity contribution in [3.8, 4) is 0 Å². The number of fused-ring (bicyclic) bond motifs is 1. The van der Waals surface area contributed by atoms with E-state index >= 15 is 0 Å². The van der Waals surface area contributed by atoms with Crippen LogP contribution in [-0.4, -0.2) is 21.3 Å². The van der Waals surface area contributed by atoms with Gasteiger partial charge in [0, 0.05) is 35.5 Å². The van der Waals surface area contributed by atoms with Gasteiger partial charge in [0.05, 0.1) is 0 Å². The normalized spacial score (nSPS) is 17.9. The Bertz CT molecular complexity index is 510. The lowest BCUT2D eigenvalue weighted by Crippen LogP contribution is -2.16. The van der Waals surface area contributed by atoms with E-state index in [-0.39, 0.29) is 0 Å². The van der Waals surface area contributed by atoms with Crippen LogP contribution >= 0.6 is 11.8 Å². The summed E-state index contributed by atoms with van der Waals surface area (Å²) in [5.41, 5.74) is 7.09. The van der Waals surface area contributed by atoms with Gasteiger partial charge in [-0.05, 0) is 24.6 Å². The second kappa shape index (κ2) is 5.16. The Kier molecular flexibility index (Phi) is 3.39. The topological polar surface area (TPSA) is 43.8 Å². The third-order valence-corrected chi connectivity index (χ3v) is 4.59. The second-order valence-corrected chi connectivity index (χ2v) is 5.93. The third kappa shape index (κ3) is 2.31. The molecule has 0 saturated carbocycles. The van der Waals surface area contributed by atoms with Gasteiger partial charge < -0.3 is 10.3 Å². The lowest BCUT2D eigenvalue weighted by molar-refractivity contribution is 0.626. The molecule has 2 N–H and O–H groups in total. The van der Waals surface area contributed by atoms with Crippen molar-refractivity contribution in [2.45, 2.75) is 29.5 Å². The highest BCUT2D eigenvalue weighted by Gasteiger charge is 2.22. The SMILES string of the molecule is NCCc1nccn1CC1Cc2ccccc2S1. The average Bonchev–Trinajstić information content (AvgIpc) is 2.97. The first-order valence-corrected chi connectivity index (χ1v) is 7.19. The number of thioether (sulfide) groups is 1. The van der Waals surface area contributed by atoms with Crippen molar-refractivity contribution >= 4 is 11.8 Å². The van der Waals surface area contributed by atoms with Gasteiger partial charge in [0.1, 0.15) is 5.82 Å². The summed E-state index contributed by atoms with van der Waals surface area (Å²) in [6.07, 6.45) is 5.95. The molecule has 1 aliphatic rings.